The van der Waals surface area contributed by atoms with Crippen LogP contribution >= 0.6 is 0 Å². The van der Waals surface area contributed by atoms with Crippen molar-refractivity contribution < 1.29 is 9.18 Å². The number of aromatic nitrogens is 1. The number of carbonyl (C=O) groups is 1. The van der Waals surface area contributed by atoms with Gasteiger partial charge in [0, 0.05) is 24.5 Å². The fraction of sp³-hybridized carbons (Fsp3) is 0.250. The van der Waals surface area contributed by atoms with Gasteiger partial charge in [0.05, 0.1) is 12.1 Å². The third-order valence-electron chi connectivity index (χ3n) is 4.56. The molecule has 25 heavy (non-hydrogen) atoms. The van der Waals surface area contributed by atoms with E-state index in [2.05, 4.69) is 34.5 Å². The highest BCUT2D eigenvalue weighted by molar-refractivity contribution is 5.98. The highest BCUT2D eigenvalue weighted by Gasteiger charge is 2.21. The maximum Gasteiger partial charge on any atom is 0.247 e. The van der Waals surface area contributed by atoms with Crippen LogP contribution in [0.1, 0.15) is 15.9 Å². The van der Waals surface area contributed by atoms with Gasteiger partial charge in [-0.15, -0.1) is 0 Å². The Morgan fingerprint density at radius 2 is 1.84 bits per heavy atom. The Morgan fingerprint density at radius 3 is 2.56 bits per heavy atom. The van der Waals surface area contributed by atoms with E-state index in [0.717, 1.165) is 28.6 Å². The Morgan fingerprint density at radius 1 is 1.08 bits per heavy atom. The predicted octanol–water partition coefficient (Wildman–Crippen LogP) is 3.25. The predicted molar refractivity (Wildman–Crippen MR) is 97.1 cm³/mol. The lowest BCUT2D eigenvalue weighted by Crippen LogP contribution is -2.24. The summed E-state index contributed by atoms with van der Waals surface area (Å²) in [4.78, 5) is 14.2. The van der Waals surface area contributed by atoms with E-state index in [1.165, 1.54) is 16.2 Å². The monoisotopic (exact) mass is 337 g/mol. The standard InChI is InChI=1S/C20H20FN3O/c1-23(2)12-13-3-5-14(6-4-13)15-7-16-9-18(21)24-19(25)11-22-10-17(8-15)20(16)24/h3-9,22H,10-12H2,1-2H3. The first kappa shape index (κ1) is 16.0. The summed E-state index contributed by atoms with van der Waals surface area (Å²) in [7, 11) is 4.09. The van der Waals surface area contributed by atoms with Crippen molar-refractivity contribution >= 4 is 16.8 Å². The van der Waals surface area contributed by atoms with Crippen molar-refractivity contribution in [2.75, 3.05) is 20.6 Å². The molecule has 0 bridgehead atoms. The van der Waals surface area contributed by atoms with E-state index in [1.54, 1.807) is 0 Å². The van der Waals surface area contributed by atoms with E-state index in [9.17, 15) is 9.18 Å². The van der Waals surface area contributed by atoms with E-state index >= 15 is 0 Å². The summed E-state index contributed by atoms with van der Waals surface area (Å²) in [5.41, 5.74) is 4.99. The number of carbonyl (C=O) groups excluding carboxylic acids is 1. The molecule has 0 spiro atoms. The number of rotatable bonds is 3. The summed E-state index contributed by atoms with van der Waals surface area (Å²) in [5.74, 6) is -0.754. The molecule has 0 amide bonds. The van der Waals surface area contributed by atoms with Gasteiger partial charge in [-0.25, -0.2) is 0 Å². The second-order valence-corrected chi connectivity index (χ2v) is 6.81. The maximum atomic E-state index is 14.3. The molecule has 0 radical (unpaired) electrons. The van der Waals surface area contributed by atoms with Crippen molar-refractivity contribution in [2.24, 2.45) is 0 Å². The number of hydrogen-bond acceptors (Lipinski definition) is 3. The van der Waals surface area contributed by atoms with Crippen molar-refractivity contribution in [3.63, 3.8) is 0 Å². The molecule has 0 atom stereocenters. The minimum atomic E-state index is -0.497. The molecule has 1 aromatic heterocycles. The fourth-order valence-electron chi connectivity index (χ4n) is 3.50. The Balaban J connectivity index is 1.81. The lowest BCUT2D eigenvalue weighted by Gasteiger charge is -2.11. The van der Waals surface area contributed by atoms with Gasteiger partial charge in [0.1, 0.15) is 0 Å². The van der Waals surface area contributed by atoms with Crippen molar-refractivity contribution in [1.29, 1.82) is 0 Å². The van der Waals surface area contributed by atoms with Gasteiger partial charge < -0.3 is 10.2 Å². The topological polar surface area (TPSA) is 37.3 Å². The Kier molecular flexibility index (Phi) is 3.90. The van der Waals surface area contributed by atoms with Gasteiger partial charge in [-0.3, -0.25) is 9.36 Å². The van der Waals surface area contributed by atoms with Crippen LogP contribution in [0.5, 0.6) is 0 Å². The van der Waals surface area contributed by atoms with Gasteiger partial charge in [-0.2, -0.15) is 4.39 Å². The van der Waals surface area contributed by atoms with Gasteiger partial charge >= 0.3 is 0 Å². The molecule has 1 aliphatic heterocycles. The fourth-order valence-corrected chi connectivity index (χ4v) is 3.50. The van der Waals surface area contributed by atoms with Gasteiger partial charge in [-0.1, -0.05) is 24.3 Å². The number of hydrogen-bond donors (Lipinski definition) is 1. The molecule has 1 N–H and O–H groups in total. The zero-order valence-corrected chi connectivity index (χ0v) is 14.3. The lowest BCUT2D eigenvalue weighted by atomic mass is 9.99. The van der Waals surface area contributed by atoms with Crippen LogP contribution in [0.15, 0.2) is 42.5 Å². The van der Waals surface area contributed by atoms with Gasteiger partial charge in [-0.05, 0) is 48.5 Å². The van der Waals surface area contributed by atoms with E-state index < -0.39 is 5.95 Å². The van der Waals surface area contributed by atoms with Crippen molar-refractivity contribution in [2.45, 2.75) is 13.1 Å². The van der Waals surface area contributed by atoms with Crippen LogP contribution in [0.4, 0.5) is 4.39 Å². The molecule has 5 heteroatoms. The minimum absolute atomic E-state index is 0.143. The molecule has 1 aliphatic rings. The summed E-state index contributed by atoms with van der Waals surface area (Å²) in [6, 6.07) is 13.9. The van der Waals surface area contributed by atoms with E-state index in [0.29, 0.717) is 12.1 Å². The third kappa shape index (κ3) is 2.86. The molecule has 0 unspecified atom stereocenters. The normalized spacial score (nSPS) is 14.3. The molecule has 4 nitrogen and oxygen atoms in total. The number of nitrogens with zero attached hydrogens (tertiary/aromatic N) is 2. The van der Waals surface area contributed by atoms with Crippen LogP contribution < -0.4 is 5.32 Å². The molecule has 0 saturated carbocycles. The molecule has 128 valence electrons. The van der Waals surface area contributed by atoms with Crippen molar-refractivity contribution in [3.8, 4) is 11.1 Å². The summed E-state index contributed by atoms with van der Waals surface area (Å²) < 4.78 is 15.5. The molecule has 2 aromatic carbocycles. The first-order valence-corrected chi connectivity index (χ1v) is 8.35. The minimum Gasteiger partial charge on any atom is -0.305 e. The number of nitrogens with one attached hydrogen (secondary N) is 1. The molecule has 4 rings (SSSR count). The quantitative estimate of drug-likeness (QED) is 0.797. The first-order valence-electron chi connectivity index (χ1n) is 8.35. The van der Waals surface area contributed by atoms with E-state index in [1.807, 2.05) is 26.2 Å². The van der Waals surface area contributed by atoms with Crippen LogP contribution in [0, 0.1) is 5.95 Å². The van der Waals surface area contributed by atoms with E-state index in [4.69, 9.17) is 0 Å². The molecular weight excluding hydrogens is 317 g/mol. The third-order valence-corrected chi connectivity index (χ3v) is 4.56. The maximum absolute atomic E-state index is 14.3. The average molecular weight is 337 g/mol. The largest absolute Gasteiger partial charge is 0.305 e. The lowest BCUT2D eigenvalue weighted by molar-refractivity contribution is 0.0907. The Hall–Kier alpha value is -2.50. The van der Waals surface area contributed by atoms with Crippen LogP contribution in [0.3, 0.4) is 0 Å². The van der Waals surface area contributed by atoms with Crippen molar-refractivity contribution in [1.82, 2.24) is 14.8 Å². The summed E-state index contributed by atoms with van der Waals surface area (Å²) in [6.45, 7) is 1.59. The Bertz CT molecular complexity index is 957. The summed E-state index contributed by atoms with van der Waals surface area (Å²) in [5, 5.41) is 3.85. The molecule has 3 aromatic rings. The zero-order valence-electron chi connectivity index (χ0n) is 14.3. The second-order valence-electron chi connectivity index (χ2n) is 6.81. The number of benzene rings is 2. The summed E-state index contributed by atoms with van der Waals surface area (Å²) >= 11 is 0. The van der Waals surface area contributed by atoms with Crippen LogP contribution in [0.2, 0.25) is 0 Å². The van der Waals surface area contributed by atoms with Gasteiger partial charge in [0.2, 0.25) is 11.9 Å². The Labute approximate surface area is 145 Å². The van der Waals surface area contributed by atoms with Crippen LogP contribution in [-0.4, -0.2) is 36.0 Å². The van der Waals surface area contributed by atoms with Crippen LogP contribution in [0.25, 0.3) is 22.0 Å². The molecule has 0 saturated heterocycles. The highest BCUT2D eigenvalue weighted by atomic mass is 19.1. The second kappa shape index (κ2) is 6.10. The smallest absolute Gasteiger partial charge is 0.247 e. The molecule has 0 fully saturated rings. The van der Waals surface area contributed by atoms with Crippen molar-refractivity contribution in [3.05, 3.63) is 59.5 Å². The molecule has 2 heterocycles. The SMILES string of the molecule is CN(C)Cc1ccc(-c2cc3c4c(c2)cc(F)n4C(=O)CNC3)cc1. The first-order chi connectivity index (χ1) is 12.0. The van der Waals surface area contributed by atoms with E-state index in [-0.39, 0.29) is 12.5 Å². The molecular formula is C20H20FN3O. The number of halogens is 1. The highest BCUT2D eigenvalue weighted by Crippen LogP contribution is 2.31. The summed E-state index contributed by atoms with van der Waals surface area (Å²) in [6.07, 6.45) is 0. The van der Waals surface area contributed by atoms with Crippen LogP contribution in [-0.2, 0) is 13.1 Å². The average Bonchev–Trinajstić information content (AvgIpc) is 2.80. The van der Waals surface area contributed by atoms with Gasteiger partial charge in [0.15, 0.2) is 0 Å². The zero-order chi connectivity index (χ0) is 17.6. The molecule has 0 aliphatic carbocycles. The van der Waals surface area contributed by atoms with Gasteiger partial charge in [0.25, 0.3) is 0 Å².